The molecule has 0 amide bonds. The summed E-state index contributed by atoms with van der Waals surface area (Å²) in [5.74, 6) is 0.797. The number of rotatable bonds is 8. The van der Waals surface area contributed by atoms with Crippen LogP contribution in [0.3, 0.4) is 0 Å². The van der Waals surface area contributed by atoms with E-state index in [1.807, 2.05) is 48.5 Å². The molecule has 1 heterocycles. The lowest BCUT2D eigenvalue weighted by Crippen LogP contribution is -2.43. The van der Waals surface area contributed by atoms with E-state index >= 15 is 0 Å². The van der Waals surface area contributed by atoms with Gasteiger partial charge in [0.2, 0.25) is 0 Å². The average molecular weight is 392 g/mol. The maximum absolute atomic E-state index is 10.3. The van der Waals surface area contributed by atoms with Gasteiger partial charge in [0, 0.05) is 30.2 Å². The van der Waals surface area contributed by atoms with E-state index in [0.29, 0.717) is 24.8 Å². The molecule has 2 aromatic rings. The number of nitrogens with zero attached hydrogens (tertiary/aromatic N) is 1. The van der Waals surface area contributed by atoms with Crippen molar-refractivity contribution in [2.24, 2.45) is 0 Å². The summed E-state index contributed by atoms with van der Waals surface area (Å²) in [7, 11) is 1.64. The van der Waals surface area contributed by atoms with Gasteiger partial charge in [-0.1, -0.05) is 41.9 Å². The molecule has 3 rings (SSSR count). The molecule has 1 aliphatic heterocycles. The lowest BCUT2D eigenvalue weighted by atomic mass is 10.1. The topological polar surface area (TPSA) is 51.2 Å². The van der Waals surface area contributed by atoms with Gasteiger partial charge >= 0.3 is 0 Å². The monoisotopic (exact) mass is 391 g/mol. The summed E-state index contributed by atoms with van der Waals surface area (Å²) >= 11 is 5.95. The first-order chi connectivity index (χ1) is 13.2. The van der Waals surface area contributed by atoms with Gasteiger partial charge in [-0.25, -0.2) is 0 Å². The molecule has 146 valence electrons. The lowest BCUT2D eigenvalue weighted by Gasteiger charge is -2.34. The second kappa shape index (κ2) is 10.1. The predicted octanol–water partition coefficient (Wildman–Crippen LogP) is 3.30. The number of para-hydroxylation sites is 1. The minimum absolute atomic E-state index is 0.00212. The Labute approximate surface area is 165 Å². The minimum Gasteiger partial charge on any atom is -0.496 e. The molecule has 2 atom stereocenters. The zero-order chi connectivity index (χ0) is 19.1. The predicted molar refractivity (Wildman–Crippen MR) is 105 cm³/mol. The molecule has 0 spiro atoms. The quantitative estimate of drug-likeness (QED) is 0.748. The van der Waals surface area contributed by atoms with Gasteiger partial charge in [0.15, 0.2) is 0 Å². The summed E-state index contributed by atoms with van der Waals surface area (Å²) < 4.78 is 16.9. The highest BCUT2D eigenvalue weighted by Crippen LogP contribution is 2.24. The van der Waals surface area contributed by atoms with Gasteiger partial charge in [-0.05, 0) is 23.8 Å². The highest BCUT2D eigenvalue weighted by molar-refractivity contribution is 6.30. The van der Waals surface area contributed by atoms with Crippen molar-refractivity contribution in [1.82, 2.24) is 4.90 Å². The van der Waals surface area contributed by atoms with Gasteiger partial charge in [0.1, 0.15) is 5.75 Å². The van der Waals surface area contributed by atoms with Crippen LogP contribution in [0.5, 0.6) is 5.75 Å². The Kier molecular flexibility index (Phi) is 7.50. The fourth-order valence-electron chi connectivity index (χ4n) is 3.23. The van der Waals surface area contributed by atoms with E-state index < -0.39 is 6.10 Å². The molecule has 1 N–H and O–H groups in total. The standard InChI is InChI=1S/C21H26ClNO4/c1-25-20-5-3-2-4-17(20)14-26-15-19(24)12-23-10-11-27-21(13-23)16-6-8-18(22)9-7-16/h2-9,19,21,24H,10-15H2,1H3/t19-,21+/m0/s1. The molecule has 5 nitrogen and oxygen atoms in total. The summed E-state index contributed by atoms with van der Waals surface area (Å²) in [6.45, 7) is 3.43. The van der Waals surface area contributed by atoms with E-state index in [-0.39, 0.29) is 12.7 Å². The first-order valence-electron chi connectivity index (χ1n) is 9.13. The molecular weight excluding hydrogens is 366 g/mol. The number of methoxy groups -OCH3 is 1. The highest BCUT2D eigenvalue weighted by Gasteiger charge is 2.23. The summed E-state index contributed by atoms with van der Waals surface area (Å²) in [6, 6.07) is 15.5. The number of ether oxygens (including phenoxy) is 3. The normalized spacial score (nSPS) is 19.0. The molecule has 0 saturated carbocycles. The van der Waals surface area contributed by atoms with Gasteiger partial charge in [-0.3, -0.25) is 4.90 Å². The van der Waals surface area contributed by atoms with Crippen molar-refractivity contribution in [3.63, 3.8) is 0 Å². The van der Waals surface area contributed by atoms with Crippen LogP contribution >= 0.6 is 11.6 Å². The number of morpholine rings is 1. The van der Waals surface area contributed by atoms with E-state index in [4.69, 9.17) is 25.8 Å². The van der Waals surface area contributed by atoms with Crippen LogP contribution in [-0.2, 0) is 16.1 Å². The first kappa shape index (κ1) is 20.1. The first-order valence-corrected chi connectivity index (χ1v) is 9.50. The van der Waals surface area contributed by atoms with Crippen LogP contribution in [0.4, 0.5) is 0 Å². The Morgan fingerprint density at radius 1 is 1.22 bits per heavy atom. The Morgan fingerprint density at radius 3 is 2.78 bits per heavy atom. The maximum atomic E-state index is 10.3. The molecule has 0 aromatic heterocycles. The maximum Gasteiger partial charge on any atom is 0.124 e. The van der Waals surface area contributed by atoms with Crippen LogP contribution in [0.15, 0.2) is 48.5 Å². The van der Waals surface area contributed by atoms with Crippen LogP contribution in [0.25, 0.3) is 0 Å². The van der Waals surface area contributed by atoms with Gasteiger partial charge in [0.25, 0.3) is 0 Å². The van der Waals surface area contributed by atoms with Crippen LogP contribution in [-0.4, -0.2) is 56.1 Å². The van der Waals surface area contributed by atoms with Crippen molar-refractivity contribution < 1.29 is 19.3 Å². The highest BCUT2D eigenvalue weighted by atomic mass is 35.5. The molecule has 0 unspecified atom stereocenters. The van der Waals surface area contributed by atoms with E-state index in [9.17, 15) is 5.11 Å². The number of β-amino-alcohol motifs (C(OH)–C–C–N with tert-alkyl or cyclic N) is 1. The molecule has 2 aromatic carbocycles. The average Bonchev–Trinajstić information content (AvgIpc) is 2.69. The van der Waals surface area contributed by atoms with Crippen LogP contribution < -0.4 is 4.74 Å². The summed E-state index contributed by atoms with van der Waals surface area (Å²) in [4.78, 5) is 2.21. The van der Waals surface area contributed by atoms with Crippen LogP contribution in [0, 0.1) is 0 Å². The molecule has 0 bridgehead atoms. The summed E-state index contributed by atoms with van der Waals surface area (Å²) in [5, 5.41) is 11.1. The Bertz CT molecular complexity index is 710. The largest absolute Gasteiger partial charge is 0.496 e. The van der Waals surface area contributed by atoms with Crippen molar-refractivity contribution in [3.05, 3.63) is 64.7 Å². The van der Waals surface area contributed by atoms with E-state index in [2.05, 4.69) is 4.90 Å². The number of hydrogen-bond acceptors (Lipinski definition) is 5. The van der Waals surface area contributed by atoms with Gasteiger partial charge in [-0.2, -0.15) is 0 Å². The van der Waals surface area contributed by atoms with Gasteiger partial charge in [0.05, 0.1) is 39.1 Å². The van der Waals surface area contributed by atoms with E-state index in [0.717, 1.165) is 30.0 Å². The third-order valence-corrected chi connectivity index (χ3v) is 4.87. The van der Waals surface area contributed by atoms with Crippen molar-refractivity contribution in [3.8, 4) is 5.75 Å². The van der Waals surface area contributed by atoms with Crippen molar-refractivity contribution in [2.45, 2.75) is 18.8 Å². The smallest absolute Gasteiger partial charge is 0.124 e. The second-order valence-electron chi connectivity index (χ2n) is 6.65. The zero-order valence-electron chi connectivity index (χ0n) is 15.5. The molecule has 0 radical (unpaired) electrons. The van der Waals surface area contributed by atoms with Gasteiger partial charge < -0.3 is 19.3 Å². The SMILES string of the molecule is COc1ccccc1COC[C@@H](O)CN1CCO[C@@H](c2ccc(Cl)cc2)C1. The lowest BCUT2D eigenvalue weighted by molar-refractivity contribution is -0.0537. The molecule has 1 saturated heterocycles. The third kappa shape index (κ3) is 5.92. The fourth-order valence-corrected chi connectivity index (χ4v) is 3.35. The summed E-state index contributed by atoms with van der Waals surface area (Å²) in [6.07, 6.45) is -0.554. The van der Waals surface area contributed by atoms with Crippen molar-refractivity contribution in [2.75, 3.05) is 40.0 Å². The van der Waals surface area contributed by atoms with Crippen LogP contribution in [0.1, 0.15) is 17.2 Å². The number of aliphatic hydroxyl groups is 1. The van der Waals surface area contributed by atoms with Crippen molar-refractivity contribution >= 4 is 11.6 Å². The van der Waals surface area contributed by atoms with Crippen LogP contribution in [0.2, 0.25) is 5.02 Å². The zero-order valence-corrected chi connectivity index (χ0v) is 16.3. The second-order valence-corrected chi connectivity index (χ2v) is 7.09. The molecular formula is C21H26ClNO4. The minimum atomic E-state index is -0.552. The molecule has 6 heteroatoms. The Hall–Kier alpha value is -1.63. The third-order valence-electron chi connectivity index (χ3n) is 4.62. The van der Waals surface area contributed by atoms with Gasteiger partial charge in [-0.15, -0.1) is 0 Å². The fraction of sp³-hybridized carbons (Fsp3) is 0.429. The molecule has 27 heavy (non-hydrogen) atoms. The number of hydrogen-bond donors (Lipinski definition) is 1. The van der Waals surface area contributed by atoms with E-state index in [1.54, 1.807) is 7.11 Å². The van der Waals surface area contributed by atoms with E-state index in [1.165, 1.54) is 0 Å². The Morgan fingerprint density at radius 2 is 2.00 bits per heavy atom. The summed E-state index contributed by atoms with van der Waals surface area (Å²) in [5.41, 5.74) is 2.08. The number of aliphatic hydroxyl groups excluding tert-OH is 1. The molecule has 1 fully saturated rings. The Balaban J connectivity index is 1.44. The molecule has 0 aliphatic carbocycles. The number of benzene rings is 2. The molecule has 1 aliphatic rings. The van der Waals surface area contributed by atoms with Crippen molar-refractivity contribution in [1.29, 1.82) is 0 Å². The number of halogens is 1.